The minimum Gasteiger partial charge on any atom is -0.316 e. The normalized spacial score (nSPS) is 20.5. The Bertz CT molecular complexity index is 343. The van der Waals surface area contributed by atoms with E-state index in [-0.39, 0.29) is 0 Å². The molecule has 0 spiro atoms. The number of nitrogens with one attached hydrogen (secondary N) is 1. The van der Waals surface area contributed by atoms with Crippen LogP contribution in [0.3, 0.4) is 0 Å². The maximum Gasteiger partial charge on any atom is 0.0967 e. The Labute approximate surface area is 110 Å². The van der Waals surface area contributed by atoms with Gasteiger partial charge in [-0.25, -0.2) is 0 Å². The van der Waals surface area contributed by atoms with Gasteiger partial charge in [-0.3, -0.25) is 9.58 Å². The van der Waals surface area contributed by atoms with Crippen molar-refractivity contribution in [2.24, 2.45) is 13.0 Å². The summed E-state index contributed by atoms with van der Waals surface area (Å²) >= 11 is 0. The van der Waals surface area contributed by atoms with Gasteiger partial charge in [-0.05, 0) is 44.8 Å². The lowest BCUT2D eigenvalue weighted by atomic mass is 9.99. The number of aryl methyl sites for hydroxylation is 1. The minimum absolute atomic E-state index is 0.793. The van der Waals surface area contributed by atoms with Crippen LogP contribution in [0.4, 0.5) is 0 Å². The van der Waals surface area contributed by atoms with Crippen LogP contribution in [0.1, 0.15) is 31.9 Å². The van der Waals surface area contributed by atoms with E-state index in [1.54, 1.807) is 4.68 Å². The van der Waals surface area contributed by atoms with Crippen molar-refractivity contribution in [1.82, 2.24) is 25.2 Å². The molecule has 0 radical (unpaired) electrons. The molecule has 0 bridgehead atoms. The van der Waals surface area contributed by atoms with Gasteiger partial charge in [-0.15, -0.1) is 5.10 Å². The summed E-state index contributed by atoms with van der Waals surface area (Å²) in [5.41, 5.74) is 1.08. The third-order valence-corrected chi connectivity index (χ3v) is 3.49. The fraction of sp³-hybridized carbons (Fsp3) is 0.846. The van der Waals surface area contributed by atoms with Crippen LogP contribution in [-0.4, -0.2) is 46.1 Å². The molecule has 5 heteroatoms. The molecule has 1 saturated heterocycles. The van der Waals surface area contributed by atoms with Crippen LogP contribution in [0, 0.1) is 5.92 Å². The first kappa shape index (κ1) is 13.5. The zero-order chi connectivity index (χ0) is 12.8. The van der Waals surface area contributed by atoms with Gasteiger partial charge >= 0.3 is 0 Å². The van der Waals surface area contributed by atoms with E-state index in [2.05, 4.69) is 27.5 Å². The van der Waals surface area contributed by atoms with Crippen LogP contribution in [0.15, 0.2) is 6.20 Å². The smallest absolute Gasteiger partial charge is 0.0967 e. The second-order valence-corrected chi connectivity index (χ2v) is 5.33. The van der Waals surface area contributed by atoms with Gasteiger partial charge in [-0.1, -0.05) is 12.1 Å². The molecule has 1 aromatic heterocycles. The first-order valence-corrected chi connectivity index (χ1v) is 7.06. The Morgan fingerprint density at radius 1 is 1.56 bits per heavy atom. The van der Waals surface area contributed by atoms with Gasteiger partial charge in [0, 0.05) is 26.3 Å². The van der Waals surface area contributed by atoms with Crippen LogP contribution in [0.5, 0.6) is 0 Å². The van der Waals surface area contributed by atoms with Crippen LogP contribution in [0.25, 0.3) is 0 Å². The van der Waals surface area contributed by atoms with E-state index in [1.807, 2.05) is 13.2 Å². The molecule has 5 nitrogen and oxygen atoms in total. The van der Waals surface area contributed by atoms with Crippen LogP contribution in [0.2, 0.25) is 0 Å². The zero-order valence-electron chi connectivity index (χ0n) is 11.6. The summed E-state index contributed by atoms with van der Waals surface area (Å²) in [6.45, 7) is 7.85. The third-order valence-electron chi connectivity index (χ3n) is 3.49. The maximum absolute atomic E-state index is 4.19. The number of nitrogens with zero attached hydrogens (tertiary/aromatic N) is 4. The fourth-order valence-corrected chi connectivity index (χ4v) is 2.69. The molecule has 1 fully saturated rings. The van der Waals surface area contributed by atoms with Gasteiger partial charge in [0.05, 0.1) is 5.69 Å². The Morgan fingerprint density at radius 2 is 2.44 bits per heavy atom. The summed E-state index contributed by atoms with van der Waals surface area (Å²) in [6, 6.07) is 0. The quantitative estimate of drug-likeness (QED) is 0.820. The molecule has 2 heterocycles. The van der Waals surface area contributed by atoms with Crippen LogP contribution < -0.4 is 5.32 Å². The van der Waals surface area contributed by atoms with Gasteiger partial charge in [0.2, 0.25) is 0 Å². The molecule has 1 aliphatic heterocycles. The summed E-state index contributed by atoms with van der Waals surface area (Å²) in [4.78, 5) is 2.52. The van der Waals surface area contributed by atoms with Crippen molar-refractivity contribution in [3.05, 3.63) is 11.9 Å². The van der Waals surface area contributed by atoms with Gasteiger partial charge in [0.25, 0.3) is 0 Å². The molecule has 0 aliphatic carbocycles. The zero-order valence-corrected chi connectivity index (χ0v) is 11.6. The molecule has 0 aromatic carbocycles. The predicted octanol–water partition coefficient (Wildman–Crippen LogP) is 1.03. The highest BCUT2D eigenvalue weighted by Gasteiger charge is 2.17. The van der Waals surface area contributed by atoms with Crippen molar-refractivity contribution < 1.29 is 0 Å². The first-order valence-electron chi connectivity index (χ1n) is 7.06. The van der Waals surface area contributed by atoms with Crippen molar-refractivity contribution >= 4 is 0 Å². The average molecular weight is 251 g/mol. The number of hydrogen-bond acceptors (Lipinski definition) is 4. The van der Waals surface area contributed by atoms with Gasteiger partial charge in [-0.2, -0.15) is 0 Å². The van der Waals surface area contributed by atoms with Crippen molar-refractivity contribution in [1.29, 1.82) is 0 Å². The second-order valence-electron chi connectivity index (χ2n) is 5.33. The summed E-state index contributed by atoms with van der Waals surface area (Å²) in [7, 11) is 1.92. The molecule has 1 aromatic rings. The molecule has 1 atom stereocenters. The Morgan fingerprint density at radius 3 is 3.06 bits per heavy atom. The third kappa shape index (κ3) is 4.07. The molecule has 0 saturated carbocycles. The molecule has 0 amide bonds. The lowest BCUT2D eigenvalue weighted by Gasteiger charge is -2.29. The van der Waals surface area contributed by atoms with Crippen LogP contribution in [-0.2, 0) is 13.6 Å². The highest BCUT2D eigenvalue weighted by Crippen LogP contribution is 2.13. The maximum atomic E-state index is 4.19. The SMILES string of the molecule is CCCN(Cc1cn(C)nn1)CC1CCCNC1. The molecule has 1 N–H and O–H groups in total. The first-order chi connectivity index (χ1) is 8.78. The summed E-state index contributed by atoms with van der Waals surface area (Å²) in [5, 5.41) is 11.7. The lowest BCUT2D eigenvalue weighted by Crippen LogP contribution is -2.38. The van der Waals surface area contributed by atoms with Gasteiger partial charge < -0.3 is 5.32 Å². The number of hydrogen-bond donors (Lipinski definition) is 1. The number of rotatable bonds is 6. The number of aromatic nitrogens is 3. The predicted molar refractivity (Wildman–Crippen MR) is 72.2 cm³/mol. The summed E-state index contributed by atoms with van der Waals surface area (Å²) in [6.07, 6.45) is 5.88. The topological polar surface area (TPSA) is 46.0 Å². The highest BCUT2D eigenvalue weighted by atomic mass is 15.4. The molecule has 102 valence electrons. The molecule has 2 rings (SSSR count). The van der Waals surface area contributed by atoms with Crippen LogP contribution >= 0.6 is 0 Å². The van der Waals surface area contributed by atoms with E-state index >= 15 is 0 Å². The Kier molecular flexibility index (Phi) is 5.13. The van der Waals surface area contributed by atoms with Gasteiger partial charge in [0.15, 0.2) is 0 Å². The fourth-order valence-electron chi connectivity index (χ4n) is 2.69. The second kappa shape index (κ2) is 6.85. The monoisotopic (exact) mass is 251 g/mol. The molecular formula is C13H25N5. The molecular weight excluding hydrogens is 226 g/mol. The van der Waals surface area contributed by atoms with E-state index < -0.39 is 0 Å². The lowest BCUT2D eigenvalue weighted by molar-refractivity contribution is 0.199. The Balaban J connectivity index is 1.86. The van der Waals surface area contributed by atoms with E-state index in [9.17, 15) is 0 Å². The summed E-state index contributed by atoms with van der Waals surface area (Å²) in [5.74, 6) is 0.793. The van der Waals surface area contributed by atoms with Crippen molar-refractivity contribution in [3.63, 3.8) is 0 Å². The molecule has 18 heavy (non-hydrogen) atoms. The van der Waals surface area contributed by atoms with E-state index in [0.717, 1.165) is 24.7 Å². The van der Waals surface area contributed by atoms with Crippen molar-refractivity contribution in [3.8, 4) is 0 Å². The van der Waals surface area contributed by atoms with E-state index in [4.69, 9.17) is 0 Å². The minimum atomic E-state index is 0.793. The average Bonchev–Trinajstić information content (AvgIpc) is 2.76. The van der Waals surface area contributed by atoms with Crippen molar-refractivity contribution in [2.45, 2.75) is 32.7 Å². The van der Waals surface area contributed by atoms with E-state index in [0.29, 0.717) is 0 Å². The van der Waals surface area contributed by atoms with E-state index in [1.165, 1.54) is 38.9 Å². The number of piperidine rings is 1. The molecule has 1 unspecified atom stereocenters. The van der Waals surface area contributed by atoms with Gasteiger partial charge in [0.1, 0.15) is 0 Å². The molecule has 1 aliphatic rings. The Hall–Kier alpha value is -0.940. The highest BCUT2D eigenvalue weighted by molar-refractivity contribution is 4.92. The summed E-state index contributed by atoms with van der Waals surface area (Å²) < 4.78 is 1.78. The largest absolute Gasteiger partial charge is 0.316 e. The standard InChI is InChI=1S/C13H25N5/c1-3-7-18(9-12-5-4-6-14-8-12)11-13-10-17(2)16-15-13/h10,12,14H,3-9,11H2,1-2H3. The van der Waals surface area contributed by atoms with Crippen molar-refractivity contribution in [2.75, 3.05) is 26.2 Å².